The average Bonchev–Trinajstić information content (AvgIpc) is 3.02. The lowest BCUT2D eigenvalue weighted by atomic mass is 9.98. The molecule has 4 aliphatic rings. The molecule has 21 heteroatoms. The molecule has 0 radical (unpaired) electrons. The Morgan fingerprint density at radius 1 is 0.333 bits per heavy atom. The summed E-state index contributed by atoms with van der Waals surface area (Å²) >= 11 is 0. The van der Waals surface area contributed by atoms with Crippen LogP contribution in [0.4, 0.5) is 0 Å². The van der Waals surface area contributed by atoms with E-state index >= 15 is 0 Å². The van der Waals surface area contributed by atoms with Gasteiger partial charge in [-0.3, -0.25) is 0 Å². The van der Waals surface area contributed by atoms with Crippen molar-refractivity contribution in [1.29, 1.82) is 0 Å². The monoisotopic (exact) mass is 666 g/mol. The maximum atomic E-state index is 10.4. The topological polar surface area (TPSA) is 348 Å². The maximum absolute atomic E-state index is 10.4. The summed E-state index contributed by atoms with van der Waals surface area (Å²) in [6, 6.07) is 0. The number of aliphatic hydroxyl groups excluding tert-OH is 14. The molecular formula is C24H42O21. The Morgan fingerprint density at radius 3 is 0.978 bits per heavy atom. The second-order valence-corrected chi connectivity index (χ2v) is 11.3. The van der Waals surface area contributed by atoms with Crippen molar-refractivity contribution in [1.82, 2.24) is 0 Å². The van der Waals surface area contributed by atoms with E-state index in [4.69, 9.17) is 33.2 Å². The highest BCUT2D eigenvalue weighted by molar-refractivity contribution is 4.94. The Labute approximate surface area is 254 Å². The van der Waals surface area contributed by atoms with Gasteiger partial charge in [0, 0.05) is 0 Å². The summed E-state index contributed by atoms with van der Waals surface area (Å²) in [5, 5.41) is 141. The lowest BCUT2D eigenvalue weighted by Crippen LogP contribution is -2.63. The minimum absolute atomic E-state index is 0.633. The van der Waals surface area contributed by atoms with Crippen molar-refractivity contribution in [2.24, 2.45) is 0 Å². The molecule has 45 heavy (non-hydrogen) atoms. The van der Waals surface area contributed by atoms with Gasteiger partial charge in [0.1, 0.15) is 97.7 Å². The van der Waals surface area contributed by atoms with E-state index in [-0.39, 0.29) is 0 Å². The molecule has 0 unspecified atom stereocenters. The van der Waals surface area contributed by atoms with Crippen LogP contribution < -0.4 is 0 Å². The van der Waals surface area contributed by atoms with Crippen molar-refractivity contribution >= 4 is 0 Å². The van der Waals surface area contributed by atoms with Gasteiger partial charge in [0.2, 0.25) is 0 Å². The minimum atomic E-state index is -1.88. The van der Waals surface area contributed by atoms with E-state index in [0.29, 0.717) is 0 Å². The molecule has 4 rings (SSSR count). The van der Waals surface area contributed by atoms with E-state index < -0.39 is 149 Å². The zero-order chi connectivity index (χ0) is 33.3. The van der Waals surface area contributed by atoms with Gasteiger partial charge in [-0.15, -0.1) is 0 Å². The third-order valence-electron chi connectivity index (χ3n) is 8.15. The summed E-state index contributed by atoms with van der Waals surface area (Å²) in [4.78, 5) is 0. The first-order valence-corrected chi connectivity index (χ1v) is 14.1. The fraction of sp³-hybridized carbons (Fsp3) is 1.00. The molecule has 0 saturated carbocycles. The maximum Gasteiger partial charge on any atom is 0.186 e. The molecule has 14 N–H and O–H groups in total. The molecule has 264 valence electrons. The SMILES string of the molecule is OC[C@H]1O[C@@H](OC[C@H]2O[C@@H](OC[C@H]3O[C@@H](OC[C@H]4O[C@H](O)[C@H](O)[C@@H](O)[C@H]4O)[C@H](O)[C@@H](O)[C@H]3O)[C@H](O)[C@@H](O)[C@H]2O)[C@H](O)[C@@H](O)[C@H]1O. The number of aliphatic hydroxyl groups is 14. The number of hydrogen-bond donors (Lipinski definition) is 14. The molecule has 0 aromatic heterocycles. The normalized spacial score (nSPS) is 52.9. The molecule has 0 bridgehead atoms. The second kappa shape index (κ2) is 15.6. The predicted molar refractivity (Wildman–Crippen MR) is 134 cm³/mol. The molecule has 21 nitrogen and oxygen atoms in total. The van der Waals surface area contributed by atoms with Gasteiger partial charge in [0.15, 0.2) is 25.2 Å². The predicted octanol–water partition coefficient (Wildman–Crippen LogP) is -9.75. The molecule has 4 heterocycles. The van der Waals surface area contributed by atoms with Crippen molar-refractivity contribution in [3.8, 4) is 0 Å². The molecule has 0 aliphatic carbocycles. The second-order valence-electron chi connectivity index (χ2n) is 11.3. The molecule has 20 atom stereocenters. The summed E-state index contributed by atoms with van der Waals surface area (Å²) in [6.45, 7) is -2.67. The first kappa shape index (κ1) is 37.0. The van der Waals surface area contributed by atoms with Gasteiger partial charge < -0.3 is 105 Å². The summed E-state index contributed by atoms with van der Waals surface area (Å²) in [5.41, 5.74) is 0. The van der Waals surface area contributed by atoms with Crippen LogP contribution in [0.2, 0.25) is 0 Å². The van der Waals surface area contributed by atoms with Gasteiger partial charge >= 0.3 is 0 Å². The van der Waals surface area contributed by atoms with Gasteiger partial charge in [-0.25, -0.2) is 0 Å². The summed E-state index contributed by atoms with van der Waals surface area (Å²) in [7, 11) is 0. The van der Waals surface area contributed by atoms with E-state index in [1.54, 1.807) is 0 Å². The zero-order valence-electron chi connectivity index (χ0n) is 23.5. The summed E-state index contributed by atoms with van der Waals surface area (Å²) < 4.78 is 37.2. The van der Waals surface area contributed by atoms with Crippen molar-refractivity contribution in [3.05, 3.63) is 0 Å². The average molecular weight is 667 g/mol. The smallest absolute Gasteiger partial charge is 0.186 e. The number of rotatable bonds is 10. The molecule has 0 spiro atoms. The van der Waals surface area contributed by atoms with E-state index in [1.807, 2.05) is 0 Å². The van der Waals surface area contributed by atoms with Gasteiger partial charge in [-0.2, -0.15) is 0 Å². The van der Waals surface area contributed by atoms with Crippen LogP contribution in [0.25, 0.3) is 0 Å². The third kappa shape index (κ3) is 7.91. The van der Waals surface area contributed by atoms with Crippen molar-refractivity contribution in [3.63, 3.8) is 0 Å². The van der Waals surface area contributed by atoms with Gasteiger partial charge in [0.05, 0.1) is 26.4 Å². The highest BCUT2D eigenvalue weighted by atomic mass is 16.7. The van der Waals surface area contributed by atoms with Crippen LogP contribution in [-0.4, -0.2) is 221 Å². The van der Waals surface area contributed by atoms with Gasteiger partial charge in [-0.05, 0) is 0 Å². The Balaban J connectivity index is 1.33. The van der Waals surface area contributed by atoms with E-state index in [2.05, 4.69) is 0 Å². The first-order valence-electron chi connectivity index (χ1n) is 14.1. The summed E-state index contributed by atoms with van der Waals surface area (Å²) in [5.74, 6) is 0. The van der Waals surface area contributed by atoms with E-state index in [0.717, 1.165) is 0 Å². The molecule has 4 saturated heterocycles. The fourth-order valence-corrected chi connectivity index (χ4v) is 5.23. The quantitative estimate of drug-likeness (QED) is 0.103. The molecule has 4 aliphatic heterocycles. The molecule has 0 aromatic carbocycles. The number of ether oxygens (including phenoxy) is 7. The first-order chi connectivity index (χ1) is 21.2. The fourth-order valence-electron chi connectivity index (χ4n) is 5.23. The van der Waals surface area contributed by atoms with Crippen molar-refractivity contribution in [2.45, 2.75) is 123 Å². The van der Waals surface area contributed by atoms with Crippen LogP contribution in [0.5, 0.6) is 0 Å². The van der Waals surface area contributed by atoms with Crippen LogP contribution in [-0.2, 0) is 33.2 Å². The lowest BCUT2D eigenvalue weighted by Gasteiger charge is -2.44. The highest BCUT2D eigenvalue weighted by Crippen LogP contribution is 2.29. The van der Waals surface area contributed by atoms with Crippen LogP contribution in [0.1, 0.15) is 0 Å². The summed E-state index contributed by atoms with van der Waals surface area (Å²) in [6.07, 6.45) is -34.1. The Morgan fingerprint density at radius 2 is 0.622 bits per heavy atom. The van der Waals surface area contributed by atoms with Crippen molar-refractivity contribution < 1.29 is 105 Å². The van der Waals surface area contributed by atoms with Crippen LogP contribution in [0.3, 0.4) is 0 Å². The van der Waals surface area contributed by atoms with Crippen molar-refractivity contribution in [2.75, 3.05) is 26.4 Å². The lowest BCUT2D eigenvalue weighted by molar-refractivity contribution is -0.346. The van der Waals surface area contributed by atoms with E-state index in [1.165, 1.54) is 0 Å². The van der Waals surface area contributed by atoms with E-state index in [9.17, 15) is 71.5 Å². The standard InChI is InChI=1S/C24H42O21/c25-1-5-9(26)14(31)18(35)22(43-5)40-3-7-11(28)16(33)20(37)24(45-7)41-4-8-12(29)15(32)19(36)23(44-8)39-2-6-10(27)13(30)17(34)21(38)42-6/h5-38H,1-4H2/t5-,6-,7-,8-,9+,10+,11+,12+,13+,14+,15+,16+,17-,18-,19-,20-,21+,22-,23-,24-/m1/s1. The Kier molecular flexibility index (Phi) is 12.8. The van der Waals surface area contributed by atoms with Crippen LogP contribution in [0.15, 0.2) is 0 Å². The van der Waals surface area contributed by atoms with Crippen LogP contribution >= 0.6 is 0 Å². The Hall–Kier alpha value is -0.840. The highest BCUT2D eigenvalue weighted by Gasteiger charge is 2.50. The molecule has 0 amide bonds. The third-order valence-corrected chi connectivity index (χ3v) is 8.15. The van der Waals surface area contributed by atoms with Crippen LogP contribution in [0, 0.1) is 0 Å². The van der Waals surface area contributed by atoms with Gasteiger partial charge in [-0.1, -0.05) is 0 Å². The molecular weight excluding hydrogens is 624 g/mol. The number of hydrogen-bond acceptors (Lipinski definition) is 21. The molecule has 0 aromatic rings. The minimum Gasteiger partial charge on any atom is -0.394 e. The zero-order valence-corrected chi connectivity index (χ0v) is 23.5. The largest absolute Gasteiger partial charge is 0.394 e. The molecule has 4 fully saturated rings. The van der Waals surface area contributed by atoms with Gasteiger partial charge in [0.25, 0.3) is 0 Å². The Bertz CT molecular complexity index is 916.